The van der Waals surface area contributed by atoms with Gasteiger partial charge in [-0.05, 0) is 41.8 Å². The second kappa shape index (κ2) is 5.44. The van der Waals surface area contributed by atoms with E-state index < -0.39 is 0 Å². The molecule has 0 spiro atoms. The molecule has 4 nitrogen and oxygen atoms in total. The van der Waals surface area contributed by atoms with Gasteiger partial charge in [-0.15, -0.1) is 0 Å². The zero-order chi connectivity index (χ0) is 15.7. The van der Waals surface area contributed by atoms with E-state index >= 15 is 0 Å². The summed E-state index contributed by atoms with van der Waals surface area (Å²) in [6.45, 7) is 6.66. The molecule has 0 fully saturated rings. The van der Waals surface area contributed by atoms with Gasteiger partial charge in [0.1, 0.15) is 17.1 Å². The Labute approximate surface area is 130 Å². The van der Waals surface area contributed by atoms with E-state index in [2.05, 4.69) is 30.3 Å². The van der Waals surface area contributed by atoms with Crippen LogP contribution in [0.15, 0.2) is 42.6 Å². The minimum atomic E-state index is 0.158. The number of aromatic nitrogens is 3. The van der Waals surface area contributed by atoms with Gasteiger partial charge < -0.3 is 4.74 Å². The van der Waals surface area contributed by atoms with Crippen molar-refractivity contribution in [3.8, 4) is 11.4 Å². The van der Waals surface area contributed by atoms with Gasteiger partial charge in [0.2, 0.25) is 0 Å². The van der Waals surface area contributed by atoms with Gasteiger partial charge in [-0.2, -0.15) is 0 Å². The molecule has 0 amide bonds. The first-order valence-corrected chi connectivity index (χ1v) is 7.45. The Bertz CT molecular complexity index is 782. The van der Waals surface area contributed by atoms with Crippen LogP contribution in [0.5, 0.6) is 5.75 Å². The topological polar surface area (TPSA) is 39.9 Å². The molecule has 4 heteroatoms. The van der Waals surface area contributed by atoms with Crippen LogP contribution in [0.3, 0.4) is 0 Å². The molecule has 0 unspecified atom stereocenters. The highest BCUT2D eigenvalue weighted by Gasteiger charge is 2.19. The van der Waals surface area contributed by atoms with E-state index in [-0.39, 0.29) is 5.41 Å². The Morgan fingerprint density at radius 2 is 1.82 bits per heavy atom. The van der Waals surface area contributed by atoms with E-state index in [0.29, 0.717) is 0 Å². The van der Waals surface area contributed by atoms with Crippen LogP contribution in [-0.2, 0) is 6.42 Å². The number of ether oxygens (including phenoxy) is 1. The summed E-state index contributed by atoms with van der Waals surface area (Å²) in [5, 5.41) is 0. The average molecular weight is 295 g/mol. The summed E-state index contributed by atoms with van der Waals surface area (Å²) in [6.07, 6.45) is 2.69. The Kier molecular flexibility index (Phi) is 3.61. The smallest absolute Gasteiger partial charge is 0.164 e. The Hall–Kier alpha value is -2.36. The van der Waals surface area contributed by atoms with Crippen LogP contribution in [-0.4, -0.2) is 21.6 Å². The fourth-order valence-electron chi connectivity index (χ4n) is 2.55. The van der Waals surface area contributed by atoms with Crippen LogP contribution >= 0.6 is 0 Å². The second-order valence-electron chi connectivity index (χ2n) is 6.65. The molecular formula is C18H21N3O. The SMILES string of the molecule is COc1ccc(-n2c(CC(C)(C)C)nc3cccnc32)cc1. The van der Waals surface area contributed by atoms with E-state index in [4.69, 9.17) is 9.72 Å². The van der Waals surface area contributed by atoms with Gasteiger partial charge in [-0.3, -0.25) is 4.57 Å². The van der Waals surface area contributed by atoms with Crippen LogP contribution in [0.4, 0.5) is 0 Å². The zero-order valence-electron chi connectivity index (χ0n) is 13.5. The van der Waals surface area contributed by atoms with Crippen LogP contribution in [0.25, 0.3) is 16.9 Å². The minimum Gasteiger partial charge on any atom is -0.497 e. The molecule has 0 aliphatic carbocycles. The van der Waals surface area contributed by atoms with E-state index in [1.165, 1.54) is 0 Å². The number of benzene rings is 1. The van der Waals surface area contributed by atoms with Crippen molar-refractivity contribution in [1.82, 2.24) is 14.5 Å². The quantitative estimate of drug-likeness (QED) is 0.732. The molecule has 0 atom stereocenters. The molecule has 0 N–H and O–H groups in total. The largest absolute Gasteiger partial charge is 0.497 e. The third-order valence-corrected chi connectivity index (χ3v) is 3.50. The summed E-state index contributed by atoms with van der Waals surface area (Å²) < 4.78 is 7.38. The molecule has 0 saturated heterocycles. The van der Waals surface area contributed by atoms with Crippen LogP contribution in [0.1, 0.15) is 26.6 Å². The first kappa shape index (κ1) is 14.6. The van der Waals surface area contributed by atoms with Crippen molar-refractivity contribution >= 4 is 11.2 Å². The third kappa shape index (κ3) is 2.82. The number of fused-ring (bicyclic) bond motifs is 1. The summed E-state index contributed by atoms with van der Waals surface area (Å²) >= 11 is 0. The van der Waals surface area contributed by atoms with E-state index in [1.54, 1.807) is 7.11 Å². The van der Waals surface area contributed by atoms with Gasteiger partial charge in [0.25, 0.3) is 0 Å². The highest BCUT2D eigenvalue weighted by atomic mass is 16.5. The molecule has 0 saturated carbocycles. The number of imidazole rings is 1. The first-order chi connectivity index (χ1) is 10.5. The Morgan fingerprint density at radius 1 is 1.09 bits per heavy atom. The molecule has 2 heterocycles. The number of hydrogen-bond donors (Lipinski definition) is 0. The Morgan fingerprint density at radius 3 is 2.45 bits per heavy atom. The predicted octanol–water partition coefficient (Wildman–Crippen LogP) is 4.02. The van der Waals surface area contributed by atoms with Gasteiger partial charge >= 0.3 is 0 Å². The summed E-state index contributed by atoms with van der Waals surface area (Å²) in [5.41, 5.74) is 3.04. The lowest BCUT2D eigenvalue weighted by molar-refractivity contribution is 0.399. The lowest BCUT2D eigenvalue weighted by Gasteiger charge is -2.18. The lowest BCUT2D eigenvalue weighted by atomic mass is 9.92. The molecule has 1 aromatic carbocycles. The van der Waals surface area contributed by atoms with Crippen molar-refractivity contribution in [2.45, 2.75) is 27.2 Å². The number of methoxy groups -OCH3 is 1. The zero-order valence-corrected chi connectivity index (χ0v) is 13.5. The van der Waals surface area contributed by atoms with E-state index in [1.807, 2.05) is 42.6 Å². The highest BCUT2D eigenvalue weighted by Crippen LogP contribution is 2.26. The third-order valence-electron chi connectivity index (χ3n) is 3.50. The molecule has 0 radical (unpaired) electrons. The van der Waals surface area contributed by atoms with Gasteiger partial charge in [-0.25, -0.2) is 9.97 Å². The van der Waals surface area contributed by atoms with E-state index in [0.717, 1.165) is 34.8 Å². The van der Waals surface area contributed by atoms with Crippen LogP contribution < -0.4 is 4.74 Å². The highest BCUT2D eigenvalue weighted by molar-refractivity contribution is 5.73. The molecule has 0 bridgehead atoms. The molecule has 0 aliphatic rings. The van der Waals surface area contributed by atoms with E-state index in [9.17, 15) is 0 Å². The van der Waals surface area contributed by atoms with Crippen molar-refractivity contribution in [1.29, 1.82) is 0 Å². The first-order valence-electron chi connectivity index (χ1n) is 7.45. The number of nitrogens with zero attached hydrogens (tertiary/aromatic N) is 3. The van der Waals surface area contributed by atoms with Crippen molar-refractivity contribution < 1.29 is 4.74 Å². The van der Waals surface area contributed by atoms with Crippen molar-refractivity contribution in [3.63, 3.8) is 0 Å². The van der Waals surface area contributed by atoms with Crippen molar-refractivity contribution in [2.75, 3.05) is 7.11 Å². The summed E-state index contributed by atoms with van der Waals surface area (Å²) in [4.78, 5) is 9.31. The number of pyridine rings is 1. The van der Waals surface area contributed by atoms with Gasteiger partial charge in [0, 0.05) is 18.3 Å². The summed E-state index contributed by atoms with van der Waals surface area (Å²) in [5.74, 6) is 1.88. The molecule has 2 aromatic heterocycles. The molecule has 3 aromatic rings. The number of rotatable bonds is 3. The maximum absolute atomic E-state index is 5.24. The fraction of sp³-hybridized carbons (Fsp3) is 0.333. The normalized spacial score (nSPS) is 11.8. The van der Waals surface area contributed by atoms with Gasteiger partial charge in [0.15, 0.2) is 5.65 Å². The summed E-state index contributed by atoms with van der Waals surface area (Å²) in [7, 11) is 1.67. The molecule has 0 aliphatic heterocycles. The fourth-order valence-corrected chi connectivity index (χ4v) is 2.55. The average Bonchev–Trinajstić information content (AvgIpc) is 2.83. The Balaban J connectivity index is 2.18. The maximum Gasteiger partial charge on any atom is 0.164 e. The summed E-state index contributed by atoms with van der Waals surface area (Å²) in [6, 6.07) is 11.9. The molecular weight excluding hydrogens is 274 g/mol. The molecule has 114 valence electrons. The number of hydrogen-bond acceptors (Lipinski definition) is 3. The second-order valence-corrected chi connectivity index (χ2v) is 6.65. The molecule has 22 heavy (non-hydrogen) atoms. The minimum absolute atomic E-state index is 0.158. The predicted molar refractivity (Wildman–Crippen MR) is 88.6 cm³/mol. The van der Waals surface area contributed by atoms with Gasteiger partial charge in [-0.1, -0.05) is 20.8 Å². The van der Waals surface area contributed by atoms with Gasteiger partial charge in [0.05, 0.1) is 7.11 Å². The van der Waals surface area contributed by atoms with Crippen molar-refractivity contribution in [3.05, 3.63) is 48.4 Å². The standard InChI is InChI=1S/C18H21N3O/c1-18(2,3)12-16-20-15-6-5-11-19-17(15)21(16)13-7-9-14(22-4)10-8-13/h5-11H,12H2,1-4H3. The monoisotopic (exact) mass is 295 g/mol. The maximum atomic E-state index is 5.24. The van der Waals surface area contributed by atoms with Crippen LogP contribution in [0.2, 0.25) is 0 Å². The van der Waals surface area contributed by atoms with Crippen LogP contribution in [0, 0.1) is 5.41 Å². The molecule has 3 rings (SSSR count). The lowest BCUT2D eigenvalue weighted by Crippen LogP contribution is -2.14. The van der Waals surface area contributed by atoms with Crippen molar-refractivity contribution in [2.24, 2.45) is 5.41 Å².